The van der Waals surface area contributed by atoms with Gasteiger partial charge < -0.3 is 15.5 Å². The van der Waals surface area contributed by atoms with Crippen molar-refractivity contribution in [3.8, 4) is 0 Å². The smallest absolute Gasteiger partial charge is 0.319 e. The van der Waals surface area contributed by atoms with Crippen LogP contribution in [0.1, 0.15) is 12.8 Å². The Labute approximate surface area is 145 Å². The van der Waals surface area contributed by atoms with Gasteiger partial charge in [0.2, 0.25) is 5.95 Å². The van der Waals surface area contributed by atoms with Crippen molar-refractivity contribution in [2.45, 2.75) is 12.8 Å². The molecule has 0 bridgehead atoms. The van der Waals surface area contributed by atoms with Crippen LogP contribution in [0.2, 0.25) is 5.15 Å². The maximum absolute atomic E-state index is 12.0. The Balaban J connectivity index is 1.47. The van der Waals surface area contributed by atoms with E-state index in [1.807, 2.05) is 6.07 Å². The molecule has 0 radical (unpaired) electrons. The van der Waals surface area contributed by atoms with Crippen molar-refractivity contribution < 1.29 is 4.79 Å². The van der Waals surface area contributed by atoms with E-state index < -0.39 is 0 Å². The van der Waals surface area contributed by atoms with Gasteiger partial charge in [0.1, 0.15) is 5.15 Å². The lowest BCUT2D eigenvalue weighted by atomic mass is 9.98. The fourth-order valence-corrected chi connectivity index (χ4v) is 2.84. The normalized spacial score (nSPS) is 17.4. The van der Waals surface area contributed by atoms with E-state index >= 15 is 0 Å². The summed E-state index contributed by atoms with van der Waals surface area (Å²) in [6.45, 7) is 2.39. The lowest BCUT2D eigenvalue weighted by molar-refractivity contribution is 0.249. The van der Waals surface area contributed by atoms with Crippen LogP contribution < -0.4 is 15.5 Å². The van der Waals surface area contributed by atoms with E-state index in [0.717, 1.165) is 31.9 Å². The van der Waals surface area contributed by atoms with Gasteiger partial charge >= 0.3 is 6.03 Å². The predicted octanol–water partition coefficient (Wildman–Crippen LogP) is 2.56. The molecule has 8 heteroatoms. The molecule has 2 N–H and O–H groups in total. The second-order valence-electron chi connectivity index (χ2n) is 5.71. The van der Waals surface area contributed by atoms with E-state index in [9.17, 15) is 4.79 Å². The summed E-state index contributed by atoms with van der Waals surface area (Å²) in [5, 5.41) is 6.05. The molecule has 1 fully saturated rings. The number of halogens is 1. The van der Waals surface area contributed by atoms with Gasteiger partial charge in [-0.25, -0.2) is 19.7 Å². The van der Waals surface area contributed by atoms with Crippen molar-refractivity contribution in [2.75, 3.05) is 29.9 Å². The molecule has 1 aliphatic rings. The molecule has 0 saturated carbocycles. The van der Waals surface area contributed by atoms with Crippen molar-refractivity contribution in [1.82, 2.24) is 20.3 Å². The Morgan fingerprint density at radius 3 is 2.88 bits per heavy atom. The maximum atomic E-state index is 12.0. The molecule has 7 nitrogen and oxygen atoms in total. The molecular formula is C16H19ClN6O. The molecule has 126 valence electrons. The van der Waals surface area contributed by atoms with Crippen LogP contribution in [0.3, 0.4) is 0 Å². The number of anilines is 2. The predicted molar refractivity (Wildman–Crippen MR) is 93.2 cm³/mol. The Morgan fingerprint density at radius 1 is 1.29 bits per heavy atom. The lowest BCUT2D eigenvalue weighted by Gasteiger charge is -2.32. The van der Waals surface area contributed by atoms with Crippen LogP contribution in [0.25, 0.3) is 0 Å². The number of carbonyl (C=O) groups excluding carboxylic acids is 1. The molecule has 2 aromatic rings. The molecule has 3 rings (SSSR count). The quantitative estimate of drug-likeness (QED) is 0.831. The van der Waals surface area contributed by atoms with Gasteiger partial charge in [-0.3, -0.25) is 0 Å². The number of nitrogens with zero attached hydrogens (tertiary/aromatic N) is 4. The standard InChI is InChI=1S/C16H19ClN6O/c17-14-5-4-13(10-20-14)22-16(24)21-9-12-3-1-8-23(11-12)15-18-6-2-7-19-15/h2,4-7,10,12H,1,3,8-9,11H2,(H2,21,22,24)/t12-/m0/s1. The SMILES string of the molecule is O=C(NC[C@@H]1CCCN(c2ncccn2)C1)Nc1ccc(Cl)nc1. The summed E-state index contributed by atoms with van der Waals surface area (Å²) in [5.74, 6) is 1.12. The monoisotopic (exact) mass is 346 g/mol. The Kier molecular flexibility index (Phi) is 5.43. The number of piperidine rings is 1. The highest BCUT2D eigenvalue weighted by atomic mass is 35.5. The van der Waals surface area contributed by atoms with Crippen LogP contribution in [0, 0.1) is 5.92 Å². The molecule has 0 aliphatic carbocycles. The minimum atomic E-state index is -0.243. The Bertz CT molecular complexity index is 666. The first-order valence-electron chi connectivity index (χ1n) is 7.89. The average molecular weight is 347 g/mol. The van der Waals surface area contributed by atoms with Gasteiger partial charge in [0.15, 0.2) is 0 Å². The third kappa shape index (κ3) is 4.55. The summed E-state index contributed by atoms with van der Waals surface area (Å²) in [5.41, 5.74) is 0.611. The fourth-order valence-electron chi connectivity index (χ4n) is 2.73. The van der Waals surface area contributed by atoms with Gasteiger partial charge in [-0.15, -0.1) is 0 Å². The summed E-state index contributed by atoms with van der Waals surface area (Å²) in [7, 11) is 0. The minimum absolute atomic E-state index is 0.243. The molecule has 0 unspecified atom stereocenters. The fraction of sp³-hybridized carbons (Fsp3) is 0.375. The van der Waals surface area contributed by atoms with Crippen molar-refractivity contribution in [3.05, 3.63) is 41.9 Å². The molecule has 1 atom stereocenters. The molecule has 3 heterocycles. The highest BCUT2D eigenvalue weighted by Crippen LogP contribution is 2.19. The molecule has 1 aliphatic heterocycles. The zero-order valence-corrected chi connectivity index (χ0v) is 13.9. The number of pyridine rings is 1. The van der Waals surface area contributed by atoms with Crippen LogP contribution >= 0.6 is 11.6 Å². The third-order valence-corrected chi connectivity index (χ3v) is 4.11. The van der Waals surface area contributed by atoms with E-state index in [1.54, 1.807) is 24.5 Å². The molecule has 0 aromatic carbocycles. The lowest BCUT2D eigenvalue weighted by Crippen LogP contribution is -2.42. The van der Waals surface area contributed by atoms with Gasteiger partial charge in [-0.1, -0.05) is 11.6 Å². The second kappa shape index (κ2) is 7.92. The van der Waals surface area contributed by atoms with Crippen molar-refractivity contribution in [3.63, 3.8) is 0 Å². The number of aromatic nitrogens is 3. The molecule has 24 heavy (non-hydrogen) atoms. The molecule has 2 aromatic heterocycles. The van der Waals surface area contributed by atoms with Crippen molar-refractivity contribution >= 4 is 29.3 Å². The number of amides is 2. The summed E-state index contributed by atoms with van der Waals surface area (Å²) >= 11 is 5.72. The summed E-state index contributed by atoms with van der Waals surface area (Å²) < 4.78 is 0. The number of carbonyl (C=O) groups is 1. The minimum Gasteiger partial charge on any atom is -0.340 e. The second-order valence-corrected chi connectivity index (χ2v) is 6.09. The zero-order valence-electron chi connectivity index (χ0n) is 13.2. The molecular weight excluding hydrogens is 328 g/mol. The topological polar surface area (TPSA) is 83.0 Å². The number of nitrogens with one attached hydrogen (secondary N) is 2. The molecule has 0 spiro atoms. The van der Waals surface area contributed by atoms with Crippen LogP contribution in [-0.2, 0) is 0 Å². The highest BCUT2D eigenvalue weighted by molar-refractivity contribution is 6.29. The molecule has 1 saturated heterocycles. The van der Waals surface area contributed by atoms with E-state index in [-0.39, 0.29) is 6.03 Å². The summed E-state index contributed by atoms with van der Waals surface area (Å²) in [4.78, 5) is 26.6. The van der Waals surface area contributed by atoms with Crippen molar-refractivity contribution in [1.29, 1.82) is 0 Å². The van der Waals surface area contributed by atoms with Gasteiger partial charge in [0.25, 0.3) is 0 Å². The Hall–Kier alpha value is -2.41. The number of hydrogen-bond acceptors (Lipinski definition) is 5. The van der Waals surface area contributed by atoms with E-state index in [0.29, 0.717) is 23.3 Å². The Morgan fingerprint density at radius 2 is 2.12 bits per heavy atom. The van der Waals surface area contributed by atoms with E-state index in [1.165, 1.54) is 6.20 Å². The van der Waals surface area contributed by atoms with E-state index in [2.05, 4.69) is 30.5 Å². The number of urea groups is 1. The third-order valence-electron chi connectivity index (χ3n) is 3.89. The van der Waals surface area contributed by atoms with Crippen LogP contribution in [-0.4, -0.2) is 40.6 Å². The van der Waals surface area contributed by atoms with Crippen LogP contribution in [0.5, 0.6) is 0 Å². The molecule has 2 amide bonds. The average Bonchev–Trinajstić information content (AvgIpc) is 2.63. The number of hydrogen-bond donors (Lipinski definition) is 2. The van der Waals surface area contributed by atoms with Gasteiger partial charge in [-0.05, 0) is 37.0 Å². The maximum Gasteiger partial charge on any atom is 0.319 e. The van der Waals surface area contributed by atoms with Crippen LogP contribution in [0.4, 0.5) is 16.4 Å². The van der Waals surface area contributed by atoms with Gasteiger partial charge in [0.05, 0.1) is 11.9 Å². The first-order valence-corrected chi connectivity index (χ1v) is 8.27. The van der Waals surface area contributed by atoms with Gasteiger partial charge in [0, 0.05) is 32.0 Å². The highest BCUT2D eigenvalue weighted by Gasteiger charge is 2.22. The zero-order chi connectivity index (χ0) is 16.8. The summed E-state index contributed by atoms with van der Waals surface area (Å²) in [6, 6.07) is 4.91. The van der Waals surface area contributed by atoms with Crippen molar-refractivity contribution in [2.24, 2.45) is 5.92 Å². The first kappa shape index (κ1) is 16.4. The van der Waals surface area contributed by atoms with Gasteiger partial charge in [-0.2, -0.15) is 0 Å². The van der Waals surface area contributed by atoms with Crippen LogP contribution in [0.15, 0.2) is 36.8 Å². The summed E-state index contributed by atoms with van der Waals surface area (Å²) in [6.07, 6.45) is 7.16. The van der Waals surface area contributed by atoms with E-state index in [4.69, 9.17) is 11.6 Å². The largest absolute Gasteiger partial charge is 0.340 e. The first-order chi connectivity index (χ1) is 11.7. The number of rotatable bonds is 4.